The average molecular weight is 710 g/mol. The number of rotatable bonds is 12. The van der Waals surface area contributed by atoms with E-state index in [4.69, 9.17) is 32.0 Å². The zero-order valence-corrected chi connectivity index (χ0v) is 26.1. The monoisotopic (exact) mass is 709 g/mol. The first-order valence-corrected chi connectivity index (χ1v) is 14.3. The number of fused-ring (bicyclic) bond motifs is 1. The summed E-state index contributed by atoms with van der Waals surface area (Å²) in [4.78, 5) is 42.0. The Morgan fingerprint density at radius 1 is 1.02 bits per heavy atom. The molecule has 0 bridgehead atoms. The average Bonchev–Trinajstić information content (AvgIpc) is 3.40. The van der Waals surface area contributed by atoms with Gasteiger partial charge in [-0.05, 0) is 54.4 Å². The molecule has 1 unspecified atom stereocenters. The summed E-state index contributed by atoms with van der Waals surface area (Å²) < 4.78 is 96.0. The van der Waals surface area contributed by atoms with Crippen LogP contribution in [0.4, 0.5) is 32.0 Å². The number of nitrogens with zero attached hydrogens (tertiary/aromatic N) is 3. The number of carbonyl (C=O) groups is 3. The first-order valence-electron chi connectivity index (χ1n) is 14.3. The van der Waals surface area contributed by atoms with Crippen LogP contribution >= 0.6 is 0 Å². The minimum Gasteiger partial charge on any atom is -0.481 e. The van der Waals surface area contributed by atoms with E-state index in [2.05, 4.69) is 4.98 Å². The van der Waals surface area contributed by atoms with E-state index < -0.39 is 70.9 Å². The van der Waals surface area contributed by atoms with E-state index in [1.165, 1.54) is 49.8 Å². The summed E-state index contributed by atoms with van der Waals surface area (Å²) in [6.45, 7) is 0.557. The molecule has 0 radical (unpaired) electrons. The third-order valence-electron chi connectivity index (χ3n) is 7.56. The number of pyridine rings is 2. The molecule has 1 atom stereocenters. The van der Waals surface area contributed by atoms with Crippen LogP contribution in [0.5, 0.6) is 5.88 Å². The molecular weight excluding hydrogens is 680 g/mol. The molecule has 0 saturated heterocycles. The van der Waals surface area contributed by atoms with Crippen LogP contribution in [0.25, 0.3) is 16.8 Å². The summed E-state index contributed by atoms with van der Waals surface area (Å²) in [5, 5.41) is 9.60. The number of ketones is 1. The minimum absolute atomic E-state index is 0.0527. The van der Waals surface area contributed by atoms with Gasteiger partial charge in [-0.2, -0.15) is 26.3 Å². The van der Waals surface area contributed by atoms with Crippen molar-refractivity contribution in [2.45, 2.75) is 37.8 Å². The number of nitrogens with one attached hydrogen (secondary N) is 1. The van der Waals surface area contributed by atoms with E-state index in [9.17, 15) is 40.7 Å². The molecule has 1 amide bonds. The lowest BCUT2D eigenvalue weighted by Crippen LogP contribution is -2.53. The molecule has 50 heavy (non-hydrogen) atoms. The van der Waals surface area contributed by atoms with Gasteiger partial charge in [-0.1, -0.05) is 6.92 Å². The number of esters is 1. The molecule has 3 heterocycles. The number of aromatic nitrogens is 2. The molecule has 0 spiro atoms. The van der Waals surface area contributed by atoms with Crippen LogP contribution in [0.2, 0.25) is 0 Å². The van der Waals surface area contributed by atoms with Gasteiger partial charge in [-0.3, -0.25) is 20.3 Å². The summed E-state index contributed by atoms with van der Waals surface area (Å²) >= 11 is 0. The van der Waals surface area contributed by atoms with E-state index in [0.29, 0.717) is 11.2 Å². The molecule has 0 saturated carbocycles. The van der Waals surface area contributed by atoms with Crippen molar-refractivity contribution in [2.75, 3.05) is 12.6 Å². The number of methoxy groups -OCH3 is 1. The molecule has 13 nitrogen and oxygen atoms in total. The maximum Gasteiger partial charge on any atom is 0.454 e. The molecule has 0 aliphatic rings. The second-order valence-electron chi connectivity index (χ2n) is 10.7. The van der Waals surface area contributed by atoms with Crippen LogP contribution in [-0.4, -0.2) is 62.3 Å². The number of nitrogens with two attached hydrogens (primary N) is 3. The van der Waals surface area contributed by atoms with Crippen molar-refractivity contribution in [3.05, 3.63) is 95.1 Å². The van der Waals surface area contributed by atoms with E-state index in [0.717, 1.165) is 29.5 Å². The lowest BCUT2D eigenvalue weighted by molar-refractivity contribution is -0.245. The zero-order chi connectivity index (χ0) is 37.2. The summed E-state index contributed by atoms with van der Waals surface area (Å²) in [5.41, 5.74) is 6.30. The fourth-order valence-electron chi connectivity index (χ4n) is 5.13. The number of Topliss-reactive ketones (excluding diaryl/α,β-unsaturated/α-hetero) is 1. The molecule has 3 aromatic heterocycles. The Hall–Kier alpha value is -5.82. The number of hydrazine groups is 1. The van der Waals surface area contributed by atoms with E-state index in [1.807, 2.05) is 0 Å². The summed E-state index contributed by atoms with van der Waals surface area (Å²) in [5.74, 6) is 0.975. The fourth-order valence-corrected chi connectivity index (χ4v) is 5.13. The van der Waals surface area contributed by atoms with Crippen LogP contribution < -0.4 is 27.5 Å². The predicted octanol–water partition coefficient (Wildman–Crippen LogP) is 4.70. The van der Waals surface area contributed by atoms with Crippen LogP contribution in [0.1, 0.15) is 50.0 Å². The fraction of sp³-hybridized carbons (Fsp3) is 0.226. The Balaban J connectivity index is 1.77. The Morgan fingerprint density at radius 3 is 2.18 bits per heavy atom. The highest BCUT2D eigenvalue weighted by Gasteiger charge is 2.59. The van der Waals surface area contributed by atoms with Crippen molar-refractivity contribution in [2.24, 2.45) is 17.3 Å². The van der Waals surface area contributed by atoms with Gasteiger partial charge in [0.05, 0.1) is 52.9 Å². The van der Waals surface area contributed by atoms with Crippen molar-refractivity contribution >= 4 is 28.9 Å². The third-order valence-corrected chi connectivity index (χ3v) is 7.56. The van der Waals surface area contributed by atoms with Crippen molar-refractivity contribution < 1.29 is 55.4 Å². The van der Waals surface area contributed by atoms with Gasteiger partial charge in [0, 0.05) is 30.2 Å². The van der Waals surface area contributed by atoms with E-state index in [1.54, 1.807) is 5.48 Å². The summed E-state index contributed by atoms with van der Waals surface area (Å²) in [6, 6.07) is 9.73. The molecule has 0 aliphatic heterocycles. The Bertz CT molecular complexity index is 1940. The smallest absolute Gasteiger partial charge is 0.454 e. The number of amides is 1. The summed E-state index contributed by atoms with van der Waals surface area (Å²) in [7, 11) is 1.32. The number of carbonyl (C=O) groups excluding carboxylic acids is 3. The molecule has 19 heteroatoms. The van der Waals surface area contributed by atoms with Crippen molar-refractivity contribution in [1.82, 2.24) is 14.4 Å². The SMILES string of the molecule is CCC(OC(=O)c1ccc(NO)cc1)(/C(N)=C/N(N)Cc1ccn2c(-c3ccc(OC)nc3)c(C(N)=O)c(C(=O)C(F)(F)F)c2c1)C(F)(F)F. The molecule has 1 aromatic carbocycles. The number of hydrogen-bond donors (Lipinski definition) is 5. The van der Waals surface area contributed by atoms with Gasteiger partial charge in [0.1, 0.15) is 0 Å². The zero-order valence-electron chi connectivity index (χ0n) is 26.1. The van der Waals surface area contributed by atoms with Gasteiger partial charge in [0.25, 0.3) is 11.7 Å². The van der Waals surface area contributed by atoms with Gasteiger partial charge in [-0.25, -0.2) is 15.6 Å². The molecule has 4 aromatic rings. The highest BCUT2D eigenvalue weighted by atomic mass is 19.4. The highest BCUT2D eigenvalue weighted by molar-refractivity contribution is 6.17. The second kappa shape index (κ2) is 14.0. The number of benzene rings is 1. The van der Waals surface area contributed by atoms with Crippen LogP contribution in [0.3, 0.4) is 0 Å². The maximum atomic E-state index is 14.5. The molecular formula is C31H29F6N7O6. The number of halogens is 6. The van der Waals surface area contributed by atoms with Crippen molar-refractivity contribution in [3.63, 3.8) is 0 Å². The lowest BCUT2D eigenvalue weighted by atomic mass is 9.95. The third kappa shape index (κ3) is 7.13. The highest BCUT2D eigenvalue weighted by Crippen LogP contribution is 2.41. The van der Waals surface area contributed by atoms with Crippen LogP contribution in [-0.2, 0) is 11.3 Å². The van der Waals surface area contributed by atoms with Gasteiger partial charge >= 0.3 is 18.3 Å². The van der Waals surface area contributed by atoms with Gasteiger partial charge in [0.15, 0.2) is 0 Å². The Morgan fingerprint density at radius 2 is 1.68 bits per heavy atom. The second-order valence-corrected chi connectivity index (χ2v) is 10.7. The van der Waals surface area contributed by atoms with Crippen molar-refractivity contribution in [1.29, 1.82) is 0 Å². The first-order chi connectivity index (χ1) is 23.4. The molecule has 8 N–H and O–H groups in total. The van der Waals surface area contributed by atoms with Gasteiger partial charge in [0.2, 0.25) is 11.5 Å². The quantitative estimate of drug-likeness (QED) is 0.0449. The first kappa shape index (κ1) is 37.0. The van der Waals surface area contributed by atoms with Crippen LogP contribution in [0.15, 0.2) is 72.8 Å². The van der Waals surface area contributed by atoms with E-state index >= 15 is 0 Å². The number of anilines is 1. The predicted molar refractivity (Wildman–Crippen MR) is 164 cm³/mol. The molecule has 0 fully saturated rings. The molecule has 0 aliphatic carbocycles. The van der Waals surface area contributed by atoms with Crippen LogP contribution in [0, 0.1) is 0 Å². The van der Waals surface area contributed by atoms with Gasteiger partial charge in [-0.15, -0.1) is 0 Å². The Labute approximate surface area is 278 Å². The van der Waals surface area contributed by atoms with Crippen molar-refractivity contribution in [3.8, 4) is 17.1 Å². The van der Waals surface area contributed by atoms with E-state index in [-0.39, 0.29) is 34.0 Å². The Kier molecular flexibility index (Phi) is 10.3. The minimum atomic E-state index is -5.44. The topological polar surface area (TPSA) is 201 Å². The normalized spacial score (nSPS) is 13.4. The lowest BCUT2D eigenvalue weighted by Gasteiger charge is -2.35. The van der Waals surface area contributed by atoms with Gasteiger partial charge < -0.3 is 30.4 Å². The molecule has 4 rings (SSSR count). The number of hydrogen-bond acceptors (Lipinski definition) is 11. The maximum absolute atomic E-state index is 14.5. The molecule has 266 valence electrons. The number of primary amides is 1. The summed E-state index contributed by atoms with van der Waals surface area (Å²) in [6.07, 6.45) is -8.54. The number of alkyl halides is 6. The number of ether oxygens (including phenoxy) is 2. The largest absolute Gasteiger partial charge is 0.481 e. The standard InChI is InChI=1S/C31H29F6N7O6/c1-3-29(31(35,36)37,50-28(47)17-4-7-19(42-48)8-5-17)21(38)15-43(40)14-16-10-11-44-20(12-16)23(26(45)30(32,33)34)24(27(39)46)25(44)18-6-9-22(49-2)41-13-18/h4-13,15,42,48H,3,14,38,40H2,1-2H3,(H2,39,46)/b21-15-.